The summed E-state index contributed by atoms with van der Waals surface area (Å²) in [6, 6.07) is 6.23. The molecule has 0 atom stereocenters. The number of ether oxygens (including phenoxy) is 1. The van der Waals surface area contributed by atoms with Gasteiger partial charge in [-0.25, -0.2) is 4.68 Å². The normalized spacial score (nSPS) is 14.0. The average Bonchev–Trinajstić information content (AvgIpc) is 2.94. The Hall–Kier alpha value is -2.51. The lowest BCUT2D eigenvalue weighted by Gasteiger charge is -2.16. The smallest absolute Gasteiger partial charge is 0.435 e. The van der Waals surface area contributed by atoms with Gasteiger partial charge in [0, 0.05) is 25.2 Å². The summed E-state index contributed by atoms with van der Waals surface area (Å²) < 4.78 is 46.1. The van der Waals surface area contributed by atoms with Gasteiger partial charge < -0.3 is 9.64 Å². The molecule has 1 aliphatic rings. The molecule has 1 amide bonds. The molecule has 0 saturated heterocycles. The zero-order valence-corrected chi connectivity index (χ0v) is 13.2. The van der Waals surface area contributed by atoms with Gasteiger partial charge in [-0.1, -0.05) is 0 Å². The van der Waals surface area contributed by atoms with Crippen molar-refractivity contribution in [2.24, 2.45) is 0 Å². The molecule has 0 spiro atoms. The Kier molecular flexibility index (Phi) is 3.98. The SMILES string of the molecule is CN(C)C(=O)c1ccc(-n2nc(C(F)(F)F)c3c2OCCC3)cc1. The third-order valence-electron chi connectivity index (χ3n) is 3.78. The van der Waals surface area contributed by atoms with Crippen molar-refractivity contribution in [3.05, 3.63) is 41.1 Å². The monoisotopic (exact) mass is 339 g/mol. The molecular weight excluding hydrogens is 323 g/mol. The first-order chi connectivity index (χ1) is 11.3. The van der Waals surface area contributed by atoms with E-state index in [1.807, 2.05) is 0 Å². The van der Waals surface area contributed by atoms with Gasteiger partial charge in [0.25, 0.3) is 5.91 Å². The quantitative estimate of drug-likeness (QED) is 0.845. The molecule has 24 heavy (non-hydrogen) atoms. The zero-order chi connectivity index (χ0) is 17.5. The Morgan fingerprint density at radius 1 is 1.25 bits per heavy atom. The number of nitrogens with zero attached hydrogens (tertiary/aromatic N) is 3. The lowest BCUT2D eigenvalue weighted by molar-refractivity contribution is -0.142. The zero-order valence-electron chi connectivity index (χ0n) is 13.2. The number of hydrogen-bond acceptors (Lipinski definition) is 3. The third kappa shape index (κ3) is 2.83. The molecule has 0 bridgehead atoms. The van der Waals surface area contributed by atoms with E-state index >= 15 is 0 Å². The summed E-state index contributed by atoms with van der Waals surface area (Å²) in [5.41, 5.74) is 0.0357. The minimum atomic E-state index is -4.53. The van der Waals surface area contributed by atoms with Crippen LogP contribution in [-0.2, 0) is 12.6 Å². The van der Waals surface area contributed by atoms with Gasteiger partial charge in [-0.05, 0) is 37.1 Å². The molecule has 1 aromatic carbocycles. The van der Waals surface area contributed by atoms with Gasteiger partial charge in [0.15, 0.2) is 5.69 Å². The number of rotatable bonds is 2. The van der Waals surface area contributed by atoms with Crippen molar-refractivity contribution in [2.45, 2.75) is 19.0 Å². The highest BCUT2D eigenvalue weighted by molar-refractivity contribution is 5.94. The van der Waals surface area contributed by atoms with Crippen molar-refractivity contribution in [3.63, 3.8) is 0 Å². The predicted octanol–water partition coefficient (Wildman–Crippen LogP) is 2.92. The first-order valence-electron chi connectivity index (χ1n) is 7.43. The van der Waals surface area contributed by atoms with Gasteiger partial charge in [-0.2, -0.15) is 18.3 Å². The van der Waals surface area contributed by atoms with Gasteiger partial charge in [-0.15, -0.1) is 0 Å². The molecule has 0 N–H and O–H groups in total. The standard InChI is InChI=1S/C16H16F3N3O2/c1-21(2)14(23)10-5-7-11(8-6-10)22-15-12(4-3-9-24-15)13(20-22)16(17,18)19/h5-8H,3-4,9H2,1-2H3. The fourth-order valence-corrected chi connectivity index (χ4v) is 2.63. The Morgan fingerprint density at radius 3 is 2.50 bits per heavy atom. The fourth-order valence-electron chi connectivity index (χ4n) is 2.63. The summed E-state index contributed by atoms with van der Waals surface area (Å²) >= 11 is 0. The molecule has 0 aliphatic carbocycles. The number of amides is 1. The Labute approximate surface area is 136 Å². The number of hydrogen-bond donors (Lipinski definition) is 0. The highest BCUT2D eigenvalue weighted by Crippen LogP contribution is 2.39. The van der Waals surface area contributed by atoms with Crippen LogP contribution in [-0.4, -0.2) is 41.3 Å². The minimum Gasteiger partial charge on any atom is -0.477 e. The summed E-state index contributed by atoms with van der Waals surface area (Å²) in [5, 5.41) is 3.71. The maximum absolute atomic E-state index is 13.2. The van der Waals surface area contributed by atoms with E-state index in [-0.39, 0.29) is 23.8 Å². The second-order valence-electron chi connectivity index (χ2n) is 5.74. The molecule has 0 unspecified atom stereocenters. The maximum atomic E-state index is 13.2. The van der Waals surface area contributed by atoms with Crippen molar-refractivity contribution in [1.82, 2.24) is 14.7 Å². The molecule has 2 aromatic rings. The topological polar surface area (TPSA) is 47.4 Å². The number of fused-ring (bicyclic) bond motifs is 1. The van der Waals surface area contributed by atoms with E-state index in [1.54, 1.807) is 38.4 Å². The Balaban J connectivity index is 2.04. The molecule has 3 rings (SSSR count). The van der Waals surface area contributed by atoms with Crippen LogP contribution < -0.4 is 4.74 Å². The molecular formula is C16H16F3N3O2. The first-order valence-corrected chi connectivity index (χ1v) is 7.43. The van der Waals surface area contributed by atoms with Crippen LogP contribution in [0.2, 0.25) is 0 Å². The van der Waals surface area contributed by atoms with Gasteiger partial charge in [0.05, 0.1) is 12.3 Å². The molecule has 128 valence electrons. The Bertz CT molecular complexity index is 764. The summed E-state index contributed by atoms with van der Waals surface area (Å²) in [6.07, 6.45) is -3.73. The largest absolute Gasteiger partial charge is 0.477 e. The van der Waals surface area contributed by atoms with E-state index in [9.17, 15) is 18.0 Å². The van der Waals surface area contributed by atoms with Crippen LogP contribution in [0.4, 0.5) is 13.2 Å². The molecule has 8 heteroatoms. The molecule has 5 nitrogen and oxygen atoms in total. The van der Waals surface area contributed by atoms with Crippen LogP contribution in [0.5, 0.6) is 5.88 Å². The van der Waals surface area contributed by atoms with E-state index < -0.39 is 11.9 Å². The molecule has 0 fully saturated rings. The highest BCUT2D eigenvalue weighted by Gasteiger charge is 2.40. The van der Waals surface area contributed by atoms with Crippen LogP contribution in [0.1, 0.15) is 28.0 Å². The summed E-state index contributed by atoms with van der Waals surface area (Å²) in [6.45, 7) is 0.354. The molecule has 0 radical (unpaired) electrons. The van der Waals surface area contributed by atoms with Gasteiger partial charge in [0.1, 0.15) is 0 Å². The first kappa shape index (κ1) is 16.4. The van der Waals surface area contributed by atoms with E-state index in [4.69, 9.17) is 4.74 Å². The number of carbonyl (C=O) groups is 1. The molecule has 2 heterocycles. The average molecular weight is 339 g/mol. The lowest BCUT2D eigenvalue weighted by Crippen LogP contribution is -2.21. The van der Waals surface area contributed by atoms with E-state index in [0.717, 1.165) is 4.68 Å². The molecule has 1 aliphatic heterocycles. The van der Waals surface area contributed by atoms with Crippen LogP contribution in [0.3, 0.4) is 0 Å². The van der Waals surface area contributed by atoms with Gasteiger partial charge >= 0.3 is 6.18 Å². The van der Waals surface area contributed by atoms with Crippen molar-refractivity contribution >= 4 is 5.91 Å². The Morgan fingerprint density at radius 2 is 1.92 bits per heavy atom. The molecule has 1 aromatic heterocycles. The van der Waals surface area contributed by atoms with Crippen LogP contribution in [0.25, 0.3) is 5.69 Å². The number of carbonyl (C=O) groups excluding carboxylic acids is 1. The van der Waals surface area contributed by atoms with E-state index in [1.165, 1.54) is 4.90 Å². The second kappa shape index (κ2) is 5.85. The fraction of sp³-hybridized carbons (Fsp3) is 0.375. The predicted molar refractivity (Wildman–Crippen MR) is 80.4 cm³/mol. The summed E-state index contributed by atoms with van der Waals surface area (Å²) in [5.74, 6) is -0.0588. The second-order valence-corrected chi connectivity index (χ2v) is 5.74. The lowest BCUT2D eigenvalue weighted by atomic mass is 10.1. The van der Waals surface area contributed by atoms with Crippen LogP contribution in [0, 0.1) is 0 Å². The summed E-state index contributed by atoms with van der Waals surface area (Å²) in [4.78, 5) is 13.3. The number of halogens is 3. The number of aromatic nitrogens is 2. The van der Waals surface area contributed by atoms with Crippen LogP contribution in [0.15, 0.2) is 24.3 Å². The van der Waals surface area contributed by atoms with Crippen molar-refractivity contribution in [3.8, 4) is 11.6 Å². The number of alkyl halides is 3. The van der Waals surface area contributed by atoms with Gasteiger partial charge in [-0.3, -0.25) is 4.79 Å². The number of benzene rings is 1. The highest BCUT2D eigenvalue weighted by atomic mass is 19.4. The maximum Gasteiger partial charge on any atom is 0.435 e. The summed E-state index contributed by atoms with van der Waals surface area (Å²) in [7, 11) is 3.26. The minimum absolute atomic E-state index is 0.0854. The third-order valence-corrected chi connectivity index (χ3v) is 3.78. The van der Waals surface area contributed by atoms with Crippen molar-refractivity contribution < 1.29 is 22.7 Å². The van der Waals surface area contributed by atoms with Crippen molar-refractivity contribution in [1.29, 1.82) is 0 Å². The van der Waals surface area contributed by atoms with Crippen molar-refractivity contribution in [2.75, 3.05) is 20.7 Å². The van der Waals surface area contributed by atoms with E-state index in [0.29, 0.717) is 24.3 Å². The van der Waals surface area contributed by atoms with Crippen LogP contribution >= 0.6 is 0 Å². The van der Waals surface area contributed by atoms with Gasteiger partial charge in [0.2, 0.25) is 5.88 Å². The van der Waals surface area contributed by atoms with E-state index in [2.05, 4.69) is 5.10 Å². The molecule has 0 saturated carbocycles.